The Labute approximate surface area is 205 Å². The molecule has 10 heteroatoms. The van der Waals surface area contributed by atoms with Gasteiger partial charge in [-0.05, 0) is 25.1 Å². The van der Waals surface area contributed by atoms with E-state index in [1.807, 2.05) is 24.3 Å². The number of benzene rings is 2. The van der Waals surface area contributed by atoms with E-state index in [-0.39, 0.29) is 24.5 Å². The Bertz CT molecular complexity index is 1500. The van der Waals surface area contributed by atoms with Gasteiger partial charge in [-0.15, -0.1) is 0 Å². The molecule has 0 spiro atoms. The number of anilines is 2. The van der Waals surface area contributed by atoms with Crippen molar-refractivity contribution in [3.05, 3.63) is 91.2 Å². The third kappa shape index (κ3) is 4.52. The zero-order chi connectivity index (χ0) is 25.1. The highest BCUT2D eigenvalue weighted by Crippen LogP contribution is 2.31. The van der Waals surface area contributed by atoms with E-state index in [2.05, 4.69) is 32.3 Å². The van der Waals surface area contributed by atoms with Gasteiger partial charge in [0.15, 0.2) is 17.4 Å². The molecule has 2 aromatic carbocycles. The van der Waals surface area contributed by atoms with Gasteiger partial charge in [0.1, 0.15) is 23.1 Å². The Morgan fingerprint density at radius 2 is 1.81 bits per heavy atom. The van der Waals surface area contributed by atoms with Gasteiger partial charge in [-0.2, -0.15) is 5.10 Å². The van der Waals surface area contributed by atoms with Crippen molar-refractivity contribution < 1.29 is 18.3 Å². The Morgan fingerprint density at radius 1 is 1.06 bits per heavy atom. The molecule has 0 aliphatic carbocycles. The quantitative estimate of drug-likeness (QED) is 0.323. The van der Waals surface area contributed by atoms with Crippen LogP contribution in [-0.4, -0.2) is 38.4 Å². The Hall–Kier alpha value is -4.60. The molecule has 0 atom stereocenters. The molecular weight excluding hydrogens is 466 g/mol. The van der Waals surface area contributed by atoms with E-state index < -0.39 is 11.6 Å². The number of nitrogens with zero attached hydrogens (tertiary/aromatic N) is 5. The number of rotatable bonds is 8. The van der Waals surface area contributed by atoms with Crippen molar-refractivity contribution in [1.82, 2.24) is 24.7 Å². The van der Waals surface area contributed by atoms with E-state index >= 15 is 0 Å². The minimum absolute atomic E-state index is 0.0608. The van der Waals surface area contributed by atoms with Crippen molar-refractivity contribution in [3.63, 3.8) is 0 Å². The highest BCUT2D eigenvalue weighted by atomic mass is 19.1. The summed E-state index contributed by atoms with van der Waals surface area (Å²) in [7, 11) is 1.52. The van der Waals surface area contributed by atoms with E-state index in [4.69, 9.17) is 9.47 Å². The van der Waals surface area contributed by atoms with E-state index in [0.29, 0.717) is 28.6 Å². The van der Waals surface area contributed by atoms with Crippen molar-refractivity contribution in [1.29, 1.82) is 0 Å². The Balaban J connectivity index is 1.56. The molecule has 3 heterocycles. The van der Waals surface area contributed by atoms with E-state index in [1.165, 1.54) is 11.8 Å². The Morgan fingerprint density at radius 3 is 2.53 bits per heavy atom. The first-order valence-corrected chi connectivity index (χ1v) is 11.0. The molecule has 0 fully saturated rings. The number of aromatic nitrogens is 5. The molecule has 8 nitrogen and oxygen atoms in total. The van der Waals surface area contributed by atoms with Crippen LogP contribution in [0, 0.1) is 18.6 Å². The van der Waals surface area contributed by atoms with Gasteiger partial charge >= 0.3 is 0 Å². The summed E-state index contributed by atoms with van der Waals surface area (Å²) < 4.78 is 41.6. The Kier molecular flexibility index (Phi) is 6.40. The van der Waals surface area contributed by atoms with Crippen molar-refractivity contribution in [3.8, 4) is 23.0 Å². The molecule has 0 saturated heterocycles. The number of halogens is 2. The average molecular weight is 487 g/mol. The van der Waals surface area contributed by atoms with Crippen LogP contribution in [0.25, 0.3) is 22.4 Å². The monoisotopic (exact) mass is 487 g/mol. The second kappa shape index (κ2) is 9.95. The van der Waals surface area contributed by atoms with Gasteiger partial charge in [0, 0.05) is 41.2 Å². The summed E-state index contributed by atoms with van der Waals surface area (Å²) in [4.78, 5) is 13.1. The molecule has 0 amide bonds. The summed E-state index contributed by atoms with van der Waals surface area (Å²) in [5, 5.41) is 8.56. The molecule has 0 aliphatic rings. The van der Waals surface area contributed by atoms with Crippen LogP contribution in [0.15, 0.2) is 67.1 Å². The van der Waals surface area contributed by atoms with Gasteiger partial charge in [0.05, 0.1) is 32.0 Å². The number of hydrogen-bond acceptors (Lipinski definition) is 7. The second-order valence-corrected chi connectivity index (χ2v) is 7.71. The summed E-state index contributed by atoms with van der Waals surface area (Å²) in [6.45, 7) is 3.45. The van der Waals surface area contributed by atoms with Crippen molar-refractivity contribution >= 4 is 22.4 Å². The first kappa shape index (κ1) is 23.2. The lowest BCUT2D eigenvalue weighted by Gasteiger charge is -2.10. The molecule has 0 saturated carbocycles. The first-order chi connectivity index (χ1) is 17.6. The maximum Gasteiger partial charge on any atom is 0.183 e. The van der Waals surface area contributed by atoms with Gasteiger partial charge < -0.3 is 14.8 Å². The summed E-state index contributed by atoms with van der Waals surface area (Å²) in [6.07, 6.45) is 4.85. The lowest BCUT2D eigenvalue weighted by molar-refractivity contribution is 0.354. The van der Waals surface area contributed by atoms with Crippen LogP contribution in [0.4, 0.5) is 20.3 Å². The predicted molar refractivity (Wildman–Crippen MR) is 131 cm³/mol. The number of pyridine rings is 1. The zero-order valence-corrected chi connectivity index (χ0v) is 19.3. The van der Waals surface area contributed by atoms with E-state index in [1.54, 1.807) is 30.7 Å². The molecule has 3 aromatic heterocycles. The van der Waals surface area contributed by atoms with Crippen molar-refractivity contribution in [2.75, 3.05) is 19.0 Å². The van der Waals surface area contributed by atoms with Gasteiger partial charge in [-0.3, -0.25) is 9.67 Å². The molecule has 5 aromatic rings. The summed E-state index contributed by atoms with van der Waals surface area (Å²) >= 11 is 0. The lowest BCUT2D eigenvalue weighted by atomic mass is 10.1. The second-order valence-electron chi connectivity index (χ2n) is 7.71. The predicted octanol–water partition coefficient (Wildman–Crippen LogP) is 5.18. The van der Waals surface area contributed by atoms with Crippen LogP contribution in [-0.2, 0) is 6.54 Å². The number of ether oxygens (including phenoxy) is 2. The topological polar surface area (TPSA) is 87.0 Å². The molecule has 1 N–H and O–H groups in total. The number of fused-ring (bicyclic) bond motifs is 1. The fraction of sp³-hybridized carbons (Fsp3) is 0.115. The fourth-order valence-corrected chi connectivity index (χ4v) is 3.79. The third-order valence-corrected chi connectivity index (χ3v) is 5.48. The molecule has 1 radical (unpaired) electrons. The summed E-state index contributed by atoms with van der Waals surface area (Å²) in [6, 6.07) is 13.2. The highest BCUT2D eigenvalue weighted by Gasteiger charge is 2.20. The average Bonchev–Trinajstić information content (AvgIpc) is 3.25. The molecule has 36 heavy (non-hydrogen) atoms. The minimum atomic E-state index is -0.732. The standard InChI is InChI=1S/C26H21F2N6O2/c1-3-36-17-12-20(27)19(21(28)13-17)15-34-22-7-5-4-6-18(22)24(33-34)26-30-14-23(35-2)25(32-26)31-16-8-10-29-11-9-16/h4-14H,1,3,15H2,2H3,(H,29,30,31,32). The molecular formula is C26H21F2N6O2. The van der Waals surface area contributed by atoms with Crippen LogP contribution in [0.3, 0.4) is 0 Å². The van der Waals surface area contributed by atoms with Crippen LogP contribution >= 0.6 is 0 Å². The maximum atomic E-state index is 14.8. The molecule has 0 bridgehead atoms. The SMILES string of the molecule is [CH2]COc1cc(F)c(Cn2nc(-c3ncc(OC)c(Nc4ccncc4)n3)c3ccccc32)c(F)c1. The summed E-state index contributed by atoms with van der Waals surface area (Å²) in [5.74, 6) is -0.190. The van der Waals surface area contributed by atoms with Crippen molar-refractivity contribution in [2.24, 2.45) is 0 Å². The smallest absolute Gasteiger partial charge is 0.183 e. The van der Waals surface area contributed by atoms with Crippen LogP contribution in [0.1, 0.15) is 5.56 Å². The van der Waals surface area contributed by atoms with Gasteiger partial charge in [0.25, 0.3) is 0 Å². The van der Waals surface area contributed by atoms with Crippen molar-refractivity contribution in [2.45, 2.75) is 6.54 Å². The zero-order valence-electron chi connectivity index (χ0n) is 19.3. The first-order valence-electron chi connectivity index (χ1n) is 11.0. The fourth-order valence-electron chi connectivity index (χ4n) is 3.79. The number of methoxy groups -OCH3 is 1. The molecule has 0 unspecified atom stereocenters. The third-order valence-electron chi connectivity index (χ3n) is 5.48. The van der Waals surface area contributed by atoms with Crippen LogP contribution in [0.2, 0.25) is 0 Å². The highest BCUT2D eigenvalue weighted by molar-refractivity contribution is 5.92. The summed E-state index contributed by atoms with van der Waals surface area (Å²) in [5.41, 5.74) is 1.76. The molecule has 0 aliphatic heterocycles. The molecule has 5 rings (SSSR count). The van der Waals surface area contributed by atoms with Gasteiger partial charge in [0.2, 0.25) is 0 Å². The molecule has 181 valence electrons. The van der Waals surface area contributed by atoms with Crippen LogP contribution in [0.5, 0.6) is 11.5 Å². The van der Waals surface area contributed by atoms with Gasteiger partial charge in [-0.1, -0.05) is 18.2 Å². The number of nitrogens with one attached hydrogen (secondary N) is 1. The van der Waals surface area contributed by atoms with Gasteiger partial charge in [-0.25, -0.2) is 18.7 Å². The van der Waals surface area contributed by atoms with Crippen LogP contribution < -0.4 is 14.8 Å². The number of hydrogen-bond donors (Lipinski definition) is 1. The normalized spacial score (nSPS) is 11.0. The maximum absolute atomic E-state index is 14.8. The minimum Gasteiger partial charge on any atom is -0.493 e. The largest absolute Gasteiger partial charge is 0.493 e. The lowest BCUT2D eigenvalue weighted by Crippen LogP contribution is -2.07. The van der Waals surface area contributed by atoms with E-state index in [9.17, 15) is 8.78 Å². The van der Waals surface area contributed by atoms with E-state index in [0.717, 1.165) is 23.2 Å². The number of para-hydroxylation sites is 1.